The lowest BCUT2D eigenvalue weighted by Crippen LogP contribution is -2.43. The van der Waals surface area contributed by atoms with Gasteiger partial charge in [0.05, 0.1) is 4.90 Å². The van der Waals surface area contributed by atoms with Gasteiger partial charge in [-0.2, -0.15) is 4.31 Å². The summed E-state index contributed by atoms with van der Waals surface area (Å²) in [5.74, 6) is -2.11. The third-order valence-corrected chi connectivity index (χ3v) is 6.31. The molecule has 0 aliphatic carbocycles. The van der Waals surface area contributed by atoms with Gasteiger partial charge in [-0.15, -0.1) is 0 Å². The molecule has 2 heterocycles. The van der Waals surface area contributed by atoms with E-state index in [0.29, 0.717) is 13.0 Å². The van der Waals surface area contributed by atoms with Gasteiger partial charge in [-0.05, 0) is 37.1 Å². The number of carbonyl (C=O) groups excluding carboxylic acids is 3. The summed E-state index contributed by atoms with van der Waals surface area (Å²) in [6, 6.07) is 2.67. The maximum atomic E-state index is 13.0. The average Bonchev–Trinajstić information content (AvgIpc) is 3.29. The van der Waals surface area contributed by atoms with E-state index in [-0.39, 0.29) is 24.4 Å². The number of hydrogen-bond donors (Lipinski definition) is 1. The van der Waals surface area contributed by atoms with E-state index in [0.717, 1.165) is 33.5 Å². The van der Waals surface area contributed by atoms with Crippen LogP contribution in [0.2, 0.25) is 0 Å². The molecule has 0 unspecified atom stereocenters. The summed E-state index contributed by atoms with van der Waals surface area (Å²) in [6.45, 7) is -0.0241. The SMILES string of the molecule is O=C(OCC(=O)N1CCNC1=O)[C@@H]1CCCN1S(=O)(=O)c1ccc(F)cc1. The summed E-state index contributed by atoms with van der Waals surface area (Å²) in [5, 5.41) is 2.45. The summed E-state index contributed by atoms with van der Waals surface area (Å²) < 4.78 is 44.4. The van der Waals surface area contributed by atoms with E-state index in [1.165, 1.54) is 0 Å². The third kappa shape index (κ3) is 3.93. The summed E-state index contributed by atoms with van der Waals surface area (Å²) in [7, 11) is -4.01. The Kier molecular flexibility index (Phi) is 5.42. The molecule has 146 valence electrons. The van der Waals surface area contributed by atoms with Gasteiger partial charge in [-0.3, -0.25) is 14.5 Å². The van der Waals surface area contributed by atoms with Crippen LogP contribution in [-0.2, 0) is 24.3 Å². The molecule has 0 bridgehead atoms. The Labute approximate surface area is 155 Å². The lowest BCUT2D eigenvalue weighted by atomic mass is 10.2. The number of ether oxygens (including phenoxy) is 1. The molecule has 0 spiro atoms. The third-order valence-electron chi connectivity index (χ3n) is 4.39. The topological polar surface area (TPSA) is 113 Å². The number of hydrogen-bond acceptors (Lipinski definition) is 6. The second-order valence-electron chi connectivity index (χ2n) is 6.11. The monoisotopic (exact) mass is 399 g/mol. The predicted molar refractivity (Wildman–Crippen MR) is 89.4 cm³/mol. The number of benzene rings is 1. The highest BCUT2D eigenvalue weighted by Crippen LogP contribution is 2.27. The lowest BCUT2D eigenvalue weighted by Gasteiger charge is -2.23. The molecule has 0 aromatic heterocycles. The molecule has 27 heavy (non-hydrogen) atoms. The van der Waals surface area contributed by atoms with Crippen molar-refractivity contribution in [3.8, 4) is 0 Å². The van der Waals surface area contributed by atoms with Crippen LogP contribution in [0.25, 0.3) is 0 Å². The molecule has 9 nitrogen and oxygen atoms in total. The number of carbonyl (C=O) groups is 3. The van der Waals surface area contributed by atoms with Gasteiger partial charge in [-0.1, -0.05) is 0 Å². The van der Waals surface area contributed by atoms with Crippen LogP contribution in [0.4, 0.5) is 9.18 Å². The molecule has 2 aliphatic rings. The highest BCUT2D eigenvalue weighted by Gasteiger charge is 2.41. The van der Waals surface area contributed by atoms with Crippen LogP contribution < -0.4 is 5.32 Å². The summed E-state index contributed by atoms with van der Waals surface area (Å²) in [4.78, 5) is 36.5. The van der Waals surface area contributed by atoms with Gasteiger partial charge < -0.3 is 10.1 Å². The zero-order valence-corrected chi connectivity index (χ0v) is 15.1. The van der Waals surface area contributed by atoms with Crippen molar-refractivity contribution in [1.82, 2.24) is 14.5 Å². The van der Waals surface area contributed by atoms with Crippen molar-refractivity contribution in [2.75, 3.05) is 26.2 Å². The van der Waals surface area contributed by atoms with Gasteiger partial charge in [0.1, 0.15) is 11.9 Å². The quantitative estimate of drug-likeness (QED) is 0.702. The molecule has 1 aromatic rings. The number of imide groups is 1. The minimum atomic E-state index is -4.01. The Morgan fingerprint density at radius 1 is 1.22 bits per heavy atom. The first-order valence-electron chi connectivity index (χ1n) is 8.33. The predicted octanol–water partition coefficient (Wildman–Crippen LogP) is 0.0738. The Morgan fingerprint density at radius 2 is 1.93 bits per heavy atom. The number of urea groups is 1. The molecule has 1 N–H and O–H groups in total. The molecule has 3 rings (SSSR count). The molecule has 2 saturated heterocycles. The number of nitrogens with zero attached hydrogens (tertiary/aromatic N) is 2. The Hall–Kier alpha value is -2.53. The van der Waals surface area contributed by atoms with E-state index in [9.17, 15) is 27.2 Å². The minimum Gasteiger partial charge on any atom is -0.454 e. The van der Waals surface area contributed by atoms with Crippen molar-refractivity contribution in [2.24, 2.45) is 0 Å². The van der Waals surface area contributed by atoms with Gasteiger partial charge in [0.25, 0.3) is 5.91 Å². The molecular formula is C16H18FN3O6S. The number of esters is 1. The highest BCUT2D eigenvalue weighted by atomic mass is 32.2. The van der Waals surface area contributed by atoms with Gasteiger partial charge >= 0.3 is 12.0 Å². The van der Waals surface area contributed by atoms with Gasteiger partial charge in [0.15, 0.2) is 6.61 Å². The number of rotatable bonds is 5. The van der Waals surface area contributed by atoms with Crippen molar-refractivity contribution < 1.29 is 31.9 Å². The smallest absolute Gasteiger partial charge is 0.324 e. The molecule has 3 amide bonds. The first kappa shape index (κ1) is 19.2. The standard InChI is InChI=1S/C16H18FN3O6S/c17-11-3-5-12(6-4-11)27(24,25)20-8-1-2-13(20)15(22)26-10-14(21)19-9-7-18-16(19)23/h3-6,13H,1-2,7-10H2,(H,18,23)/t13-/m0/s1. The van der Waals surface area contributed by atoms with E-state index in [2.05, 4.69) is 5.32 Å². The highest BCUT2D eigenvalue weighted by molar-refractivity contribution is 7.89. The minimum absolute atomic E-state index is 0.113. The molecule has 1 aromatic carbocycles. The second kappa shape index (κ2) is 7.61. The number of halogens is 1. The first-order valence-corrected chi connectivity index (χ1v) is 9.77. The van der Waals surface area contributed by atoms with Crippen LogP contribution >= 0.6 is 0 Å². The Morgan fingerprint density at radius 3 is 2.56 bits per heavy atom. The zero-order valence-electron chi connectivity index (χ0n) is 14.3. The van der Waals surface area contributed by atoms with E-state index < -0.39 is 46.4 Å². The van der Waals surface area contributed by atoms with Crippen LogP contribution in [0.3, 0.4) is 0 Å². The van der Waals surface area contributed by atoms with Crippen molar-refractivity contribution in [1.29, 1.82) is 0 Å². The van der Waals surface area contributed by atoms with Crippen molar-refractivity contribution in [3.63, 3.8) is 0 Å². The maximum Gasteiger partial charge on any atom is 0.324 e. The van der Waals surface area contributed by atoms with Crippen molar-refractivity contribution in [2.45, 2.75) is 23.8 Å². The number of nitrogens with one attached hydrogen (secondary N) is 1. The second-order valence-corrected chi connectivity index (χ2v) is 8.00. The summed E-state index contributed by atoms with van der Waals surface area (Å²) in [6.07, 6.45) is 0.695. The van der Waals surface area contributed by atoms with Crippen LogP contribution in [0.15, 0.2) is 29.2 Å². The molecule has 2 fully saturated rings. The van der Waals surface area contributed by atoms with E-state index in [4.69, 9.17) is 4.74 Å². The molecule has 0 radical (unpaired) electrons. The largest absolute Gasteiger partial charge is 0.454 e. The van der Waals surface area contributed by atoms with Gasteiger partial charge in [0, 0.05) is 19.6 Å². The van der Waals surface area contributed by atoms with E-state index >= 15 is 0 Å². The van der Waals surface area contributed by atoms with E-state index in [1.807, 2.05) is 0 Å². The Bertz CT molecular complexity index is 857. The van der Waals surface area contributed by atoms with Gasteiger partial charge in [0.2, 0.25) is 10.0 Å². The molecule has 1 atom stereocenters. The van der Waals surface area contributed by atoms with Crippen LogP contribution in [-0.4, -0.2) is 67.8 Å². The average molecular weight is 399 g/mol. The summed E-state index contributed by atoms with van der Waals surface area (Å²) in [5.41, 5.74) is 0. The Balaban J connectivity index is 1.66. The maximum absolute atomic E-state index is 13.0. The molecule has 2 aliphatic heterocycles. The number of amides is 3. The zero-order chi connectivity index (χ0) is 19.6. The normalized spacial score (nSPS) is 20.6. The van der Waals surface area contributed by atoms with Crippen molar-refractivity contribution in [3.05, 3.63) is 30.1 Å². The lowest BCUT2D eigenvalue weighted by molar-refractivity contribution is -0.153. The van der Waals surface area contributed by atoms with E-state index in [1.54, 1.807) is 0 Å². The fraction of sp³-hybridized carbons (Fsp3) is 0.438. The summed E-state index contributed by atoms with van der Waals surface area (Å²) >= 11 is 0. The first-order chi connectivity index (χ1) is 12.8. The molecule has 0 saturated carbocycles. The number of sulfonamides is 1. The van der Waals surface area contributed by atoms with Crippen LogP contribution in [0.5, 0.6) is 0 Å². The molecule has 11 heteroatoms. The van der Waals surface area contributed by atoms with Crippen molar-refractivity contribution >= 4 is 27.9 Å². The molecular weight excluding hydrogens is 381 g/mol. The van der Waals surface area contributed by atoms with Crippen LogP contribution in [0, 0.1) is 5.82 Å². The fourth-order valence-electron chi connectivity index (χ4n) is 3.02. The van der Waals surface area contributed by atoms with Gasteiger partial charge in [-0.25, -0.2) is 17.6 Å². The van der Waals surface area contributed by atoms with Crippen LogP contribution in [0.1, 0.15) is 12.8 Å². The fourth-order valence-corrected chi connectivity index (χ4v) is 4.67.